The minimum Gasteiger partial charge on any atom is -0.414 e. The first-order valence-electron chi connectivity index (χ1n) is 8.35. The number of hydrogen-bond donors (Lipinski definition) is 2. The van der Waals surface area contributed by atoms with Gasteiger partial charge < -0.3 is 20.2 Å². The Morgan fingerprint density at radius 2 is 1.91 bits per heavy atom. The van der Waals surface area contributed by atoms with Crippen molar-refractivity contribution < 1.29 is 9.53 Å². The summed E-state index contributed by atoms with van der Waals surface area (Å²) in [5, 5.41) is 11.0. The van der Waals surface area contributed by atoms with Crippen LogP contribution in [0, 0.1) is 0 Å². The number of pyridine rings is 1. The fraction of sp³-hybridized carbons (Fsp3) is 0.706. The summed E-state index contributed by atoms with van der Waals surface area (Å²) in [4.78, 5) is 6.38. The number of anilines is 2. The lowest BCUT2D eigenvalue weighted by molar-refractivity contribution is -0.0281. The predicted octanol–water partition coefficient (Wildman–Crippen LogP) is 3.02. The summed E-state index contributed by atoms with van der Waals surface area (Å²) in [5.41, 5.74) is 5.98. The minimum absolute atomic E-state index is 0.166. The van der Waals surface area contributed by atoms with Gasteiger partial charge in [0.2, 0.25) is 0 Å². The SMILES string of the molecule is CC(C)(C)[Si](C)(C)OCC1(O)CCN(c2ccc(N)nc2)CC1. The molecule has 1 aromatic heterocycles. The van der Waals surface area contributed by atoms with Gasteiger partial charge in [0.25, 0.3) is 0 Å². The lowest BCUT2D eigenvalue weighted by Crippen LogP contribution is -2.51. The number of aromatic nitrogens is 1. The lowest BCUT2D eigenvalue weighted by Gasteiger charge is -2.43. The van der Waals surface area contributed by atoms with Gasteiger partial charge in [0.05, 0.1) is 24.1 Å². The van der Waals surface area contributed by atoms with Crippen LogP contribution in [0.4, 0.5) is 11.5 Å². The second-order valence-corrected chi connectivity index (χ2v) is 13.0. The van der Waals surface area contributed by atoms with Gasteiger partial charge in [0, 0.05) is 13.1 Å². The Kier molecular flexibility index (Phi) is 5.08. The molecule has 6 heteroatoms. The Morgan fingerprint density at radius 3 is 2.39 bits per heavy atom. The molecule has 0 aromatic carbocycles. The van der Waals surface area contributed by atoms with E-state index in [4.69, 9.17) is 10.2 Å². The Balaban J connectivity index is 1.91. The molecule has 0 radical (unpaired) electrons. The molecule has 130 valence electrons. The molecule has 5 nitrogen and oxygen atoms in total. The summed E-state index contributed by atoms with van der Waals surface area (Å²) in [5.74, 6) is 0.532. The third-order valence-corrected chi connectivity index (χ3v) is 9.82. The Bertz CT molecular complexity index is 518. The van der Waals surface area contributed by atoms with E-state index in [0.717, 1.165) is 18.8 Å². The van der Waals surface area contributed by atoms with Crippen LogP contribution in [0.25, 0.3) is 0 Å². The molecule has 1 fully saturated rings. The molecule has 2 rings (SSSR count). The maximum atomic E-state index is 10.8. The van der Waals surface area contributed by atoms with Crippen LogP contribution >= 0.6 is 0 Å². The maximum Gasteiger partial charge on any atom is 0.192 e. The van der Waals surface area contributed by atoms with Crippen molar-refractivity contribution in [2.75, 3.05) is 30.3 Å². The van der Waals surface area contributed by atoms with Gasteiger partial charge in [0.15, 0.2) is 8.32 Å². The smallest absolute Gasteiger partial charge is 0.192 e. The van der Waals surface area contributed by atoms with Crippen molar-refractivity contribution in [3.8, 4) is 0 Å². The van der Waals surface area contributed by atoms with Crippen LogP contribution in [0.5, 0.6) is 0 Å². The van der Waals surface area contributed by atoms with Crippen LogP contribution < -0.4 is 10.6 Å². The Hall–Kier alpha value is -1.11. The van der Waals surface area contributed by atoms with Gasteiger partial charge in [-0.2, -0.15) is 0 Å². The summed E-state index contributed by atoms with van der Waals surface area (Å²) in [6.07, 6.45) is 3.23. The van der Waals surface area contributed by atoms with Crippen molar-refractivity contribution in [1.29, 1.82) is 0 Å². The van der Waals surface area contributed by atoms with E-state index in [1.54, 1.807) is 6.20 Å². The average molecular weight is 338 g/mol. The third kappa shape index (κ3) is 4.46. The normalized spacial score (nSPS) is 19.0. The second-order valence-electron chi connectivity index (χ2n) is 8.20. The van der Waals surface area contributed by atoms with Gasteiger partial charge in [-0.05, 0) is 43.1 Å². The summed E-state index contributed by atoms with van der Waals surface area (Å²) >= 11 is 0. The van der Waals surface area contributed by atoms with Crippen LogP contribution in [-0.4, -0.2) is 43.7 Å². The van der Waals surface area contributed by atoms with Gasteiger partial charge in [-0.3, -0.25) is 0 Å². The molecule has 3 N–H and O–H groups in total. The molecule has 23 heavy (non-hydrogen) atoms. The molecule has 2 heterocycles. The lowest BCUT2D eigenvalue weighted by atomic mass is 9.92. The number of nitrogens with zero attached hydrogens (tertiary/aromatic N) is 2. The van der Waals surface area contributed by atoms with Crippen molar-refractivity contribution in [3.63, 3.8) is 0 Å². The number of aliphatic hydroxyl groups is 1. The first-order valence-corrected chi connectivity index (χ1v) is 11.3. The monoisotopic (exact) mass is 337 g/mol. The molecule has 0 aliphatic carbocycles. The van der Waals surface area contributed by atoms with E-state index in [1.807, 2.05) is 12.1 Å². The highest BCUT2D eigenvalue weighted by Crippen LogP contribution is 2.38. The standard InChI is InChI=1S/C17H31N3O2Si/c1-16(2,3)23(4,5)22-13-17(21)8-10-20(11-9-17)14-6-7-15(18)19-12-14/h6-7,12,21H,8-11,13H2,1-5H3,(H2,18,19). The Morgan fingerprint density at radius 1 is 1.30 bits per heavy atom. The molecule has 0 spiro atoms. The molecule has 1 aliphatic rings. The highest BCUT2D eigenvalue weighted by Gasteiger charge is 2.41. The van der Waals surface area contributed by atoms with E-state index in [2.05, 4.69) is 43.7 Å². The highest BCUT2D eigenvalue weighted by atomic mass is 28.4. The molecule has 0 saturated carbocycles. The first kappa shape index (κ1) is 18.2. The summed E-state index contributed by atoms with van der Waals surface area (Å²) in [7, 11) is -1.82. The molecule has 0 unspecified atom stereocenters. The number of nitrogen functional groups attached to an aromatic ring is 1. The van der Waals surface area contributed by atoms with E-state index in [0.29, 0.717) is 25.3 Å². The van der Waals surface area contributed by atoms with Crippen LogP contribution in [0.3, 0.4) is 0 Å². The van der Waals surface area contributed by atoms with Crippen LogP contribution in [0.15, 0.2) is 18.3 Å². The molecule has 0 amide bonds. The number of hydrogen-bond acceptors (Lipinski definition) is 5. The van der Waals surface area contributed by atoms with Gasteiger partial charge in [0.1, 0.15) is 5.82 Å². The van der Waals surface area contributed by atoms with Crippen molar-refractivity contribution >= 4 is 19.8 Å². The van der Waals surface area contributed by atoms with Gasteiger partial charge in [-0.15, -0.1) is 0 Å². The number of piperidine rings is 1. The van der Waals surface area contributed by atoms with Crippen molar-refractivity contribution in [3.05, 3.63) is 18.3 Å². The van der Waals surface area contributed by atoms with E-state index in [9.17, 15) is 5.11 Å². The number of nitrogens with two attached hydrogens (primary N) is 1. The van der Waals surface area contributed by atoms with Crippen molar-refractivity contribution in [2.24, 2.45) is 0 Å². The molecular formula is C17H31N3O2Si. The fourth-order valence-electron chi connectivity index (χ4n) is 2.44. The molecule has 0 bridgehead atoms. The maximum absolute atomic E-state index is 10.8. The molecule has 1 aromatic rings. The zero-order valence-corrected chi connectivity index (χ0v) is 16.1. The summed E-state index contributed by atoms with van der Waals surface area (Å²) in [6.45, 7) is 13.2. The predicted molar refractivity (Wildman–Crippen MR) is 98.2 cm³/mol. The molecule has 1 saturated heterocycles. The quantitative estimate of drug-likeness (QED) is 0.826. The van der Waals surface area contributed by atoms with Crippen molar-refractivity contribution in [1.82, 2.24) is 4.98 Å². The van der Waals surface area contributed by atoms with Crippen LogP contribution in [-0.2, 0) is 4.43 Å². The molecule has 0 atom stereocenters. The zero-order chi connectivity index (χ0) is 17.3. The number of rotatable bonds is 4. The van der Waals surface area contributed by atoms with E-state index < -0.39 is 13.9 Å². The highest BCUT2D eigenvalue weighted by molar-refractivity contribution is 6.74. The summed E-state index contributed by atoms with van der Waals surface area (Å²) < 4.78 is 6.23. The Labute approximate surface area is 141 Å². The largest absolute Gasteiger partial charge is 0.414 e. The van der Waals surface area contributed by atoms with Gasteiger partial charge in [-0.1, -0.05) is 20.8 Å². The van der Waals surface area contributed by atoms with Crippen LogP contribution in [0.2, 0.25) is 18.1 Å². The van der Waals surface area contributed by atoms with Gasteiger partial charge >= 0.3 is 0 Å². The van der Waals surface area contributed by atoms with Crippen LogP contribution in [0.1, 0.15) is 33.6 Å². The first-order chi connectivity index (χ1) is 10.5. The molecule has 1 aliphatic heterocycles. The zero-order valence-electron chi connectivity index (χ0n) is 15.1. The van der Waals surface area contributed by atoms with E-state index in [1.165, 1.54) is 0 Å². The fourth-order valence-corrected chi connectivity index (χ4v) is 3.50. The third-order valence-electron chi connectivity index (χ3n) is 5.34. The summed E-state index contributed by atoms with van der Waals surface area (Å²) in [6, 6.07) is 3.80. The molecular weight excluding hydrogens is 306 g/mol. The topological polar surface area (TPSA) is 71.6 Å². The minimum atomic E-state index is -1.82. The van der Waals surface area contributed by atoms with Gasteiger partial charge in [-0.25, -0.2) is 4.98 Å². The van der Waals surface area contributed by atoms with Crippen molar-refractivity contribution in [2.45, 2.75) is 57.3 Å². The van der Waals surface area contributed by atoms with E-state index >= 15 is 0 Å². The second kappa shape index (κ2) is 6.41. The van der Waals surface area contributed by atoms with E-state index in [-0.39, 0.29) is 5.04 Å². The average Bonchev–Trinajstić information content (AvgIpc) is 2.46.